The smallest absolute Gasteiger partial charge is 0.309 e. The average molecular weight is 318 g/mol. The molecule has 1 aliphatic rings. The van der Waals surface area contributed by atoms with E-state index in [-0.39, 0.29) is 18.5 Å². The summed E-state index contributed by atoms with van der Waals surface area (Å²) in [5, 5.41) is 10.6. The Morgan fingerprint density at radius 2 is 1.96 bits per heavy atom. The summed E-state index contributed by atoms with van der Waals surface area (Å²) in [7, 11) is 0. The minimum Gasteiger partial charge on any atom is -0.462 e. The van der Waals surface area contributed by atoms with Gasteiger partial charge >= 0.3 is 5.97 Å². The van der Waals surface area contributed by atoms with Gasteiger partial charge in [0.1, 0.15) is 6.10 Å². The van der Waals surface area contributed by atoms with Gasteiger partial charge in [0.05, 0.1) is 12.0 Å². The summed E-state index contributed by atoms with van der Waals surface area (Å²) in [6.45, 7) is 8.29. The molecule has 128 valence electrons. The normalized spacial score (nSPS) is 27.5. The van der Waals surface area contributed by atoms with E-state index in [0.29, 0.717) is 17.8 Å². The van der Waals surface area contributed by atoms with Gasteiger partial charge in [0, 0.05) is 0 Å². The van der Waals surface area contributed by atoms with E-state index in [9.17, 15) is 9.90 Å². The highest BCUT2D eigenvalue weighted by Gasteiger charge is 2.35. The van der Waals surface area contributed by atoms with Crippen LogP contribution in [-0.2, 0) is 15.1 Å². The van der Waals surface area contributed by atoms with Crippen molar-refractivity contribution in [1.82, 2.24) is 0 Å². The van der Waals surface area contributed by atoms with Gasteiger partial charge in [-0.15, -0.1) is 0 Å². The first-order valence-electron chi connectivity index (χ1n) is 8.77. The molecule has 1 N–H and O–H groups in total. The van der Waals surface area contributed by atoms with Crippen molar-refractivity contribution in [2.45, 2.75) is 65.1 Å². The lowest BCUT2D eigenvalue weighted by molar-refractivity contribution is -0.161. The zero-order chi connectivity index (χ0) is 17.0. The van der Waals surface area contributed by atoms with E-state index in [2.05, 4.69) is 20.8 Å². The molecule has 0 aliphatic heterocycles. The van der Waals surface area contributed by atoms with Crippen LogP contribution in [0.25, 0.3) is 0 Å². The molecule has 4 atom stereocenters. The molecular formula is C20H30O3. The van der Waals surface area contributed by atoms with E-state index in [1.165, 1.54) is 6.42 Å². The molecule has 0 spiro atoms. The highest BCUT2D eigenvalue weighted by molar-refractivity contribution is 5.71. The van der Waals surface area contributed by atoms with Crippen molar-refractivity contribution in [2.75, 3.05) is 0 Å². The highest BCUT2D eigenvalue weighted by atomic mass is 16.5. The summed E-state index contributed by atoms with van der Waals surface area (Å²) < 4.78 is 5.79. The highest BCUT2D eigenvalue weighted by Crippen LogP contribution is 2.36. The van der Waals surface area contributed by atoms with Gasteiger partial charge < -0.3 is 9.84 Å². The monoisotopic (exact) mass is 318 g/mol. The molecule has 0 bridgehead atoms. The maximum atomic E-state index is 12.4. The first-order chi connectivity index (χ1) is 10.8. The third kappa shape index (κ3) is 4.81. The molecule has 0 amide bonds. The number of rotatable bonds is 5. The van der Waals surface area contributed by atoms with Crippen LogP contribution in [0.15, 0.2) is 30.3 Å². The second kappa shape index (κ2) is 7.48. The van der Waals surface area contributed by atoms with Crippen LogP contribution in [0.3, 0.4) is 0 Å². The summed E-state index contributed by atoms with van der Waals surface area (Å²) in [6, 6.07) is 9.31. The van der Waals surface area contributed by atoms with Crippen molar-refractivity contribution < 1.29 is 14.6 Å². The van der Waals surface area contributed by atoms with Crippen LogP contribution in [0, 0.1) is 17.8 Å². The molecule has 2 unspecified atom stereocenters. The number of benzene rings is 1. The Morgan fingerprint density at radius 1 is 1.30 bits per heavy atom. The Labute approximate surface area is 140 Å². The van der Waals surface area contributed by atoms with Gasteiger partial charge in [0.25, 0.3) is 0 Å². The topological polar surface area (TPSA) is 46.5 Å². The largest absolute Gasteiger partial charge is 0.462 e. The fourth-order valence-electron chi connectivity index (χ4n) is 3.64. The third-order valence-corrected chi connectivity index (χ3v) is 5.13. The summed E-state index contributed by atoms with van der Waals surface area (Å²) >= 11 is 0. The zero-order valence-corrected chi connectivity index (χ0v) is 14.8. The Hall–Kier alpha value is -1.35. The summed E-state index contributed by atoms with van der Waals surface area (Å²) in [5.74, 6) is 1.23. The fourth-order valence-corrected chi connectivity index (χ4v) is 3.64. The molecule has 1 fully saturated rings. The van der Waals surface area contributed by atoms with Crippen LogP contribution in [0.5, 0.6) is 0 Å². The van der Waals surface area contributed by atoms with E-state index in [0.717, 1.165) is 18.4 Å². The van der Waals surface area contributed by atoms with Gasteiger partial charge in [-0.2, -0.15) is 0 Å². The first kappa shape index (κ1) is 18.0. The number of hydrogen-bond donors (Lipinski definition) is 1. The Kier molecular flexibility index (Phi) is 5.85. The van der Waals surface area contributed by atoms with Crippen LogP contribution in [0.2, 0.25) is 0 Å². The molecule has 1 aromatic rings. The molecule has 0 heterocycles. The molecule has 3 heteroatoms. The maximum Gasteiger partial charge on any atom is 0.309 e. The lowest BCUT2D eigenvalue weighted by Crippen LogP contribution is -2.37. The molecule has 1 aromatic carbocycles. The SMILES string of the molecule is CC1CC[C@@H](C(C)C)[C@H](OC(=O)CC(C)(O)c2ccccc2)C1. The molecular weight excluding hydrogens is 288 g/mol. The quantitative estimate of drug-likeness (QED) is 0.824. The zero-order valence-electron chi connectivity index (χ0n) is 14.8. The molecule has 0 aromatic heterocycles. The molecule has 3 nitrogen and oxygen atoms in total. The van der Waals surface area contributed by atoms with Gasteiger partial charge in [-0.05, 0) is 43.1 Å². The fraction of sp³-hybridized carbons (Fsp3) is 0.650. The Balaban J connectivity index is 2.00. The Bertz CT molecular complexity index is 507. The lowest BCUT2D eigenvalue weighted by Gasteiger charge is -2.37. The van der Waals surface area contributed by atoms with Crippen molar-refractivity contribution in [3.05, 3.63) is 35.9 Å². The molecule has 1 saturated carbocycles. The summed E-state index contributed by atoms with van der Waals surface area (Å²) in [5.41, 5.74) is -0.444. The van der Waals surface area contributed by atoms with Crippen LogP contribution < -0.4 is 0 Å². The molecule has 0 radical (unpaired) electrons. The summed E-state index contributed by atoms with van der Waals surface area (Å²) in [6.07, 6.45) is 3.23. The lowest BCUT2D eigenvalue weighted by atomic mass is 9.75. The molecule has 23 heavy (non-hydrogen) atoms. The number of ether oxygens (including phenoxy) is 1. The van der Waals surface area contributed by atoms with Crippen molar-refractivity contribution in [2.24, 2.45) is 17.8 Å². The van der Waals surface area contributed by atoms with Crippen molar-refractivity contribution in [3.63, 3.8) is 0 Å². The Morgan fingerprint density at radius 3 is 2.57 bits per heavy atom. The van der Waals surface area contributed by atoms with Crippen molar-refractivity contribution in [3.8, 4) is 0 Å². The van der Waals surface area contributed by atoms with Gasteiger partial charge in [0.2, 0.25) is 0 Å². The minimum atomic E-state index is -1.19. The van der Waals surface area contributed by atoms with Gasteiger partial charge in [0.15, 0.2) is 0 Å². The average Bonchev–Trinajstić information content (AvgIpc) is 2.47. The maximum absolute atomic E-state index is 12.4. The van der Waals surface area contributed by atoms with Crippen LogP contribution in [0.1, 0.15) is 58.9 Å². The van der Waals surface area contributed by atoms with E-state index < -0.39 is 5.60 Å². The van der Waals surface area contributed by atoms with Crippen LogP contribution in [0.4, 0.5) is 0 Å². The van der Waals surface area contributed by atoms with Gasteiger partial charge in [-0.1, -0.05) is 57.5 Å². The number of hydrogen-bond acceptors (Lipinski definition) is 3. The van der Waals surface area contributed by atoms with Crippen LogP contribution >= 0.6 is 0 Å². The molecule has 0 saturated heterocycles. The minimum absolute atomic E-state index is 0.00723. The number of carbonyl (C=O) groups excluding carboxylic acids is 1. The van der Waals surface area contributed by atoms with Gasteiger partial charge in [-0.3, -0.25) is 4.79 Å². The predicted octanol–water partition coefficient (Wildman–Crippen LogP) is 4.29. The first-order valence-corrected chi connectivity index (χ1v) is 8.77. The van der Waals surface area contributed by atoms with Crippen molar-refractivity contribution in [1.29, 1.82) is 0 Å². The second-order valence-electron chi connectivity index (χ2n) is 7.67. The third-order valence-electron chi connectivity index (χ3n) is 5.13. The van der Waals surface area contributed by atoms with E-state index in [1.54, 1.807) is 6.92 Å². The number of carbonyl (C=O) groups is 1. The van der Waals surface area contributed by atoms with E-state index in [4.69, 9.17) is 4.74 Å². The standard InChI is InChI=1S/C20H30O3/c1-14(2)17-11-10-15(3)12-18(17)23-19(21)13-20(4,22)16-8-6-5-7-9-16/h5-9,14-15,17-18,22H,10-13H2,1-4H3/t15?,17-,18+,20?/m0/s1. The van der Waals surface area contributed by atoms with E-state index >= 15 is 0 Å². The molecule has 1 aliphatic carbocycles. The number of aliphatic hydroxyl groups is 1. The predicted molar refractivity (Wildman–Crippen MR) is 91.9 cm³/mol. The molecule has 2 rings (SSSR count). The van der Waals surface area contributed by atoms with Gasteiger partial charge in [-0.25, -0.2) is 0 Å². The second-order valence-corrected chi connectivity index (χ2v) is 7.67. The summed E-state index contributed by atoms with van der Waals surface area (Å²) in [4.78, 5) is 12.4. The van der Waals surface area contributed by atoms with Crippen LogP contribution in [-0.4, -0.2) is 17.2 Å². The number of esters is 1. The van der Waals surface area contributed by atoms with Crippen molar-refractivity contribution >= 4 is 5.97 Å². The van der Waals surface area contributed by atoms with E-state index in [1.807, 2.05) is 30.3 Å².